The van der Waals surface area contributed by atoms with E-state index in [2.05, 4.69) is 0 Å². The zero-order valence-corrected chi connectivity index (χ0v) is 14.4. The zero-order chi connectivity index (χ0) is 16.8. The van der Waals surface area contributed by atoms with Crippen LogP contribution < -0.4 is 0 Å². The van der Waals surface area contributed by atoms with E-state index >= 15 is 0 Å². The topological polar surface area (TPSA) is 66.9 Å². The van der Waals surface area contributed by atoms with Crippen LogP contribution in [0.3, 0.4) is 0 Å². The fourth-order valence-electron chi connectivity index (χ4n) is 1.88. The highest BCUT2D eigenvalue weighted by molar-refractivity contribution is 7.89. The van der Waals surface area contributed by atoms with Crippen LogP contribution in [0.15, 0.2) is 29.2 Å². The summed E-state index contributed by atoms with van der Waals surface area (Å²) in [6.07, 6.45) is 0. The molecule has 1 rings (SSSR count). The van der Waals surface area contributed by atoms with Gasteiger partial charge in [-0.25, -0.2) is 13.2 Å². The van der Waals surface area contributed by atoms with E-state index in [9.17, 15) is 13.2 Å². The molecule has 0 aromatic heterocycles. The average molecular weight is 328 g/mol. The molecule has 0 heterocycles. The van der Waals surface area contributed by atoms with Crippen LogP contribution in [-0.2, 0) is 14.8 Å². The normalized spacial score (nSPS) is 11.9. The monoisotopic (exact) mass is 328 g/mol. The quantitative estimate of drug-likeness (QED) is 0.676. The van der Waals surface area contributed by atoms with Crippen LogP contribution >= 0.6 is 0 Å². The van der Waals surface area contributed by atoms with Crippen LogP contribution in [0.2, 0.25) is 0 Å². The summed E-state index contributed by atoms with van der Waals surface area (Å²) in [5, 5.41) is 0. The number of likely N-dealkylation sites (N-methyl/N-ethyl adjacent to an activating group) is 1. The molecular formula is C15H24N2O4S. The highest BCUT2D eigenvalue weighted by atomic mass is 32.2. The van der Waals surface area contributed by atoms with E-state index in [-0.39, 0.29) is 4.90 Å². The van der Waals surface area contributed by atoms with Gasteiger partial charge in [0.25, 0.3) is 0 Å². The van der Waals surface area contributed by atoms with Gasteiger partial charge in [0.05, 0.1) is 10.5 Å². The first kappa shape index (κ1) is 18.6. The summed E-state index contributed by atoms with van der Waals surface area (Å²) in [6, 6.07) is 5.84. The maximum atomic E-state index is 12.3. The van der Waals surface area contributed by atoms with Crippen LogP contribution in [0.5, 0.6) is 0 Å². The average Bonchev–Trinajstić information content (AvgIpc) is 2.48. The summed E-state index contributed by atoms with van der Waals surface area (Å²) in [5.74, 6) is -0.450. The molecule has 0 aliphatic rings. The summed E-state index contributed by atoms with van der Waals surface area (Å²) in [7, 11) is 0.282. The third-order valence-electron chi connectivity index (χ3n) is 3.20. The third-order valence-corrected chi connectivity index (χ3v) is 5.27. The lowest BCUT2D eigenvalue weighted by Crippen LogP contribution is -2.30. The second-order valence-electron chi connectivity index (χ2n) is 5.05. The van der Waals surface area contributed by atoms with E-state index < -0.39 is 16.0 Å². The van der Waals surface area contributed by atoms with Crippen molar-refractivity contribution in [2.24, 2.45) is 0 Å². The lowest BCUT2D eigenvalue weighted by Gasteiger charge is -2.18. The molecule has 0 unspecified atom stereocenters. The standard InChI is InChI=1S/C15H24N2O4S/c1-5-17(6-2)22(19,20)14-9-7-13(8-10-14)15(18)21-12-11-16(3)4/h7-10H,5-6,11-12H2,1-4H3. The molecule has 0 radical (unpaired) electrons. The molecule has 0 saturated heterocycles. The van der Waals surface area contributed by atoms with Gasteiger partial charge in [0.1, 0.15) is 6.61 Å². The zero-order valence-electron chi connectivity index (χ0n) is 13.6. The number of ether oxygens (including phenoxy) is 1. The van der Waals surface area contributed by atoms with Gasteiger partial charge < -0.3 is 9.64 Å². The first-order chi connectivity index (χ1) is 10.3. The Morgan fingerprint density at radius 3 is 2.09 bits per heavy atom. The number of rotatable bonds is 8. The predicted molar refractivity (Wildman–Crippen MR) is 85.4 cm³/mol. The van der Waals surface area contributed by atoms with Crippen molar-refractivity contribution in [1.29, 1.82) is 0 Å². The number of carbonyl (C=O) groups excluding carboxylic acids is 1. The highest BCUT2D eigenvalue weighted by Crippen LogP contribution is 2.16. The van der Waals surface area contributed by atoms with Crippen LogP contribution in [0, 0.1) is 0 Å². The van der Waals surface area contributed by atoms with Gasteiger partial charge in [-0.3, -0.25) is 0 Å². The van der Waals surface area contributed by atoms with Gasteiger partial charge in [-0.15, -0.1) is 0 Å². The molecule has 0 fully saturated rings. The number of sulfonamides is 1. The smallest absolute Gasteiger partial charge is 0.338 e. The number of benzene rings is 1. The van der Waals surface area contributed by atoms with Crippen LogP contribution in [0.1, 0.15) is 24.2 Å². The molecular weight excluding hydrogens is 304 g/mol. The Morgan fingerprint density at radius 2 is 1.64 bits per heavy atom. The summed E-state index contributed by atoms with van der Waals surface area (Å²) in [5.41, 5.74) is 0.345. The van der Waals surface area contributed by atoms with Crippen LogP contribution in [0.4, 0.5) is 0 Å². The maximum absolute atomic E-state index is 12.3. The minimum Gasteiger partial charge on any atom is -0.461 e. The molecule has 1 aromatic carbocycles. The molecule has 0 spiro atoms. The van der Waals surface area contributed by atoms with Crippen molar-refractivity contribution in [3.8, 4) is 0 Å². The maximum Gasteiger partial charge on any atom is 0.338 e. The number of hydrogen-bond acceptors (Lipinski definition) is 5. The summed E-state index contributed by atoms with van der Waals surface area (Å²) >= 11 is 0. The molecule has 1 aromatic rings. The molecule has 0 atom stereocenters. The summed E-state index contributed by atoms with van der Waals surface area (Å²) in [6.45, 7) is 5.33. The Kier molecular flexibility index (Phi) is 6.99. The Morgan fingerprint density at radius 1 is 1.09 bits per heavy atom. The molecule has 0 saturated carbocycles. The number of hydrogen-bond donors (Lipinski definition) is 0. The molecule has 124 valence electrons. The van der Waals surface area contributed by atoms with Gasteiger partial charge in [-0.2, -0.15) is 4.31 Å². The van der Waals surface area contributed by atoms with Crippen molar-refractivity contribution in [1.82, 2.24) is 9.21 Å². The SMILES string of the molecule is CCN(CC)S(=O)(=O)c1ccc(C(=O)OCCN(C)C)cc1. The third kappa shape index (κ3) is 4.79. The Bertz CT molecular complexity index is 578. The molecule has 22 heavy (non-hydrogen) atoms. The largest absolute Gasteiger partial charge is 0.461 e. The summed E-state index contributed by atoms with van der Waals surface area (Å²) < 4.78 is 31.1. The molecule has 0 amide bonds. The van der Waals surface area contributed by atoms with Gasteiger partial charge >= 0.3 is 5.97 Å². The van der Waals surface area contributed by atoms with E-state index in [0.29, 0.717) is 31.8 Å². The minimum atomic E-state index is -3.50. The number of esters is 1. The van der Waals surface area contributed by atoms with Crippen molar-refractivity contribution in [3.05, 3.63) is 29.8 Å². The summed E-state index contributed by atoms with van der Waals surface area (Å²) in [4.78, 5) is 13.9. The number of nitrogens with zero attached hydrogens (tertiary/aromatic N) is 2. The Hall–Kier alpha value is -1.44. The van der Waals surface area contributed by atoms with Crippen molar-refractivity contribution < 1.29 is 17.9 Å². The highest BCUT2D eigenvalue weighted by Gasteiger charge is 2.21. The van der Waals surface area contributed by atoms with E-state index in [0.717, 1.165) is 0 Å². The van der Waals surface area contributed by atoms with Gasteiger partial charge in [0, 0.05) is 19.6 Å². The molecule has 7 heteroatoms. The van der Waals surface area contributed by atoms with Gasteiger partial charge in [0.2, 0.25) is 10.0 Å². The predicted octanol–water partition coefficient (Wildman–Crippen LogP) is 1.44. The van der Waals surface area contributed by atoms with E-state index in [4.69, 9.17) is 4.74 Å². The van der Waals surface area contributed by atoms with Crippen molar-refractivity contribution >= 4 is 16.0 Å². The van der Waals surface area contributed by atoms with E-state index in [1.165, 1.54) is 28.6 Å². The Balaban J connectivity index is 2.80. The number of carbonyl (C=O) groups is 1. The van der Waals surface area contributed by atoms with E-state index in [1.807, 2.05) is 19.0 Å². The van der Waals surface area contributed by atoms with Crippen molar-refractivity contribution in [3.63, 3.8) is 0 Å². The fraction of sp³-hybridized carbons (Fsp3) is 0.533. The second kappa shape index (κ2) is 8.26. The fourth-order valence-corrected chi connectivity index (χ4v) is 3.34. The molecule has 0 N–H and O–H groups in total. The Labute approximate surface area is 132 Å². The first-order valence-corrected chi connectivity index (χ1v) is 8.69. The molecule has 6 nitrogen and oxygen atoms in total. The van der Waals surface area contributed by atoms with Crippen LogP contribution in [-0.4, -0.2) is 63.9 Å². The lowest BCUT2D eigenvalue weighted by atomic mass is 10.2. The van der Waals surface area contributed by atoms with Gasteiger partial charge in [-0.05, 0) is 38.4 Å². The lowest BCUT2D eigenvalue weighted by molar-refractivity contribution is 0.0481. The first-order valence-electron chi connectivity index (χ1n) is 7.25. The molecule has 0 aliphatic heterocycles. The van der Waals surface area contributed by atoms with E-state index in [1.54, 1.807) is 13.8 Å². The van der Waals surface area contributed by atoms with Gasteiger partial charge in [0.15, 0.2) is 0 Å². The van der Waals surface area contributed by atoms with Crippen LogP contribution in [0.25, 0.3) is 0 Å². The molecule has 0 bridgehead atoms. The van der Waals surface area contributed by atoms with Gasteiger partial charge in [-0.1, -0.05) is 13.8 Å². The molecule has 0 aliphatic carbocycles. The minimum absolute atomic E-state index is 0.182. The van der Waals surface area contributed by atoms with Crippen molar-refractivity contribution in [2.45, 2.75) is 18.7 Å². The van der Waals surface area contributed by atoms with Crippen molar-refractivity contribution in [2.75, 3.05) is 40.3 Å². The second-order valence-corrected chi connectivity index (χ2v) is 6.99.